The van der Waals surface area contributed by atoms with E-state index >= 15 is 0 Å². The predicted molar refractivity (Wildman–Crippen MR) is 80.9 cm³/mol. The second-order valence-electron chi connectivity index (χ2n) is 4.71. The average Bonchev–Trinajstić information content (AvgIpc) is 2.41. The van der Waals surface area contributed by atoms with Gasteiger partial charge in [-0.05, 0) is 37.6 Å². The lowest BCUT2D eigenvalue weighted by molar-refractivity contribution is 0.266. The van der Waals surface area contributed by atoms with E-state index < -0.39 is 0 Å². The minimum absolute atomic E-state index is 0.132. The van der Waals surface area contributed by atoms with Gasteiger partial charge in [0.05, 0.1) is 6.61 Å². The van der Waals surface area contributed by atoms with Crippen LogP contribution < -0.4 is 0 Å². The lowest BCUT2D eigenvalue weighted by Crippen LogP contribution is -2.25. The molecular weight excluding hydrogens is 234 g/mol. The molecule has 0 unspecified atom stereocenters. The Morgan fingerprint density at radius 3 is 2.42 bits per heavy atom. The van der Waals surface area contributed by atoms with Crippen molar-refractivity contribution in [1.82, 2.24) is 4.90 Å². The third-order valence-corrected chi connectivity index (χ3v) is 2.95. The molecule has 1 aromatic carbocycles. The van der Waals surface area contributed by atoms with Crippen LogP contribution in [-0.4, -0.2) is 29.7 Å². The van der Waals surface area contributed by atoms with E-state index in [1.54, 1.807) is 0 Å². The van der Waals surface area contributed by atoms with Crippen LogP contribution >= 0.6 is 0 Å². The molecule has 0 atom stereocenters. The van der Waals surface area contributed by atoms with E-state index in [-0.39, 0.29) is 6.61 Å². The number of hydrogen-bond donors (Lipinski definition) is 1. The zero-order chi connectivity index (χ0) is 13.9. The van der Waals surface area contributed by atoms with Crippen LogP contribution in [0.25, 0.3) is 0 Å². The largest absolute Gasteiger partial charge is 0.395 e. The summed E-state index contributed by atoms with van der Waals surface area (Å²) < 4.78 is 0. The summed E-state index contributed by atoms with van der Waals surface area (Å²) in [7, 11) is 0. The van der Waals surface area contributed by atoms with Crippen molar-refractivity contribution < 1.29 is 5.11 Å². The van der Waals surface area contributed by atoms with Crippen LogP contribution in [0.15, 0.2) is 24.3 Å². The number of rotatable bonds is 7. The van der Waals surface area contributed by atoms with E-state index in [4.69, 9.17) is 5.11 Å². The number of hydrogen-bond acceptors (Lipinski definition) is 2. The van der Waals surface area contributed by atoms with Crippen LogP contribution in [0.5, 0.6) is 0 Å². The number of aliphatic hydroxyl groups excluding tert-OH is 1. The molecule has 1 aromatic rings. The monoisotopic (exact) mass is 259 g/mol. The van der Waals surface area contributed by atoms with Gasteiger partial charge in [-0.1, -0.05) is 43.9 Å². The van der Waals surface area contributed by atoms with Crippen molar-refractivity contribution >= 4 is 0 Å². The van der Waals surface area contributed by atoms with Gasteiger partial charge in [-0.15, -0.1) is 0 Å². The average molecular weight is 259 g/mol. The highest BCUT2D eigenvalue weighted by molar-refractivity contribution is 5.41. The van der Waals surface area contributed by atoms with Gasteiger partial charge in [0.15, 0.2) is 0 Å². The number of aliphatic hydroxyl groups is 1. The summed E-state index contributed by atoms with van der Waals surface area (Å²) in [5, 5.41) is 8.79. The van der Waals surface area contributed by atoms with Gasteiger partial charge in [-0.25, -0.2) is 0 Å². The summed E-state index contributed by atoms with van der Waals surface area (Å²) in [6.07, 6.45) is 2.90. The molecule has 2 heteroatoms. The molecule has 1 N–H and O–H groups in total. The molecule has 0 fully saturated rings. The van der Waals surface area contributed by atoms with Crippen molar-refractivity contribution in [2.75, 3.05) is 19.7 Å². The molecule has 0 heterocycles. The Morgan fingerprint density at radius 2 is 1.79 bits per heavy atom. The second-order valence-corrected chi connectivity index (χ2v) is 4.71. The normalized spacial score (nSPS) is 10.3. The molecule has 0 radical (unpaired) electrons. The van der Waals surface area contributed by atoms with Gasteiger partial charge < -0.3 is 5.11 Å². The predicted octanol–water partition coefficient (Wildman–Crippen LogP) is 3.04. The molecule has 0 saturated heterocycles. The molecule has 0 aliphatic heterocycles. The number of benzene rings is 1. The molecular formula is C17H25NO. The minimum atomic E-state index is 0.132. The third kappa shape index (κ3) is 5.92. The summed E-state index contributed by atoms with van der Waals surface area (Å²) in [5.74, 6) is 6.18. The Labute approximate surface area is 117 Å². The molecule has 0 aliphatic carbocycles. The molecule has 0 aromatic heterocycles. The van der Waals surface area contributed by atoms with Crippen molar-refractivity contribution in [3.8, 4) is 11.8 Å². The zero-order valence-corrected chi connectivity index (χ0v) is 12.2. The van der Waals surface area contributed by atoms with Crippen LogP contribution in [0.1, 0.15) is 44.2 Å². The molecule has 1 rings (SSSR count). The fraction of sp³-hybridized carbons (Fsp3) is 0.529. The van der Waals surface area contributed by atoms with Gasteiger partial charge in [0, 0.05) is 18.5 Å². The Bertz CT molecular complexity index is 411. The first-order valence-corrected chi connectivity index (χ1v) is 7.21. The van der Waals surface area contributed by atoms with Crippen LogP contribution in [0.3, 0.4) is 0 Å². The van der Waals surface area contributed by atoms with E-state index in [1.165, 1.54) is 18.4 Å². The highest BCUT2D eigenvalue weighted by atomic mass is 16.2. The molecule has 104 valence electrons. The lowest BCUT2D eigenvalue weighted by Gasteiger charge is -2.21. The lowest BCUT2D eigenvalue weighted by atomic mass is 10.1. The van der Waals surface area contributed by atoms with Gasteiger partial charge in [0.1, 0.15) is 0 Å². The van der Waals surface area contributed by atoms with E-state index in [2.05, 4.69) is 48.8 Å². The van der Waals surface area contributed by atoms with Crippen LogP contribution in [0.4, 0.5) is 0 Å². The molecule has 0 saturated carbocycles. The van der Waals surface area contributed by atoms with Crippen molar-refractivity contribution in [3.63, 3.8) is 0 Å². The first-order chi connectivity index (χ1) is 9.31. The first kappa shape index (κ1) is 15.8. The van der Waals surface area contributed by atoms with Crippen molar-refractivity contribution in [2.45, 2.75) is 39.7 Å². The highest BCUT2D eigenvalue weighted by Crippen LogP contribution is 2.11. The summed E-state index contributed by atoms with van der Waals surface area (Å²) in [6.45, 7) is 7.79. The molecule has 2 nitrogen and oxygen atoms in total. The fourth-order valence-electron chi connectivity index (χ4n) is 2.14. The van der Waals surface area contributed by atoms with Crippen molar-refractivity contribution in [3.05, 3.63) is 35.4 Å². The van der Waals surface area contributed by atoms with Gasteiger partial charge in [0.2, 0.25) is 0 Å². The molecule has 0 spiro atoms. The Balaban J connectivity index is 2.78. The Morgan fingerprint density at radius 1 is 1.11 bits per heavy atom. The van der Waals surface area contributed by atoms with Crippen molar-refractivity contribution in [2.24, 2.45) is 0 Å². The van der Waals surface area contributed by atoms with Gasteiger partial charge in [0.25, 0.3) is 0 Å². The standard InChI is InChI=1S/C17H25NO/c1-3-12-18(13-4-2)15-17-11-6-5-9-16(17)10-7-8-14-19/h5-6,9,11,19H,3-4,8,12-15H2,1-2H3. The van der Waals surface area contributed by atoms with Crippen LogP contribution in [-0.2, 0) is 6.54 Å². The fourth-order valence-corrected chi connectivity index (χ4v) is 2.14. The van der Waals surface area contributed by atoms with E-state index in [0.717, 1.165) is 25.2 Å². The SMILES string of the molecule is CCCN(CCC)Cc1ccccc1C#CCCO. The van der Waals surface area contributed by atoms with E-state index in [1.807, 2.05) is 6.07 Å². The summed E-state index contributed by atoms with van der Waals surface area (Å²) in [4.78, 5) is 2.48. The Kier molecular flexibility index (Phi) is 7.97. The van der Waals surface area contributed by atoms with E-state index in [9.17, 15) is 0 Å². The maximum atomic E-state index is 8.79. The van der Waals surface area contributed by atoms with Crippen LogP contribution in [0.2, 0.25) is 0 Å². The maximum absolute atomic E-state index is 8.79. The van der Waals surface area contributed by atoms with Gasteiger partial charge >= 0.3 is 0 Å². The maximum Gasteiger partial charge on any atom is 0.0540 e. The highest BCUT2D eigenvalue weighted by Gasteiger charge is 2.06. The summed E-state index contributed by atoms with van der Waals surface area (Å²) in [5.41, 5.74) is 2.38. The minimum Gasteiger partial charge on any atom is -0.395 e. The molecule has 0 amide bonds. The quantitative estimate of drug-likeness (QED) is 0.761. The molecule has 0 bridgehead atoms. The number of nitrogens with zero attached hydrogens (tertiary/aromatic N) is 1. The first-order valence-electron chi connectivity index (χ1n) is 7.21. The second kappa shape index (κ2) is 9.61. The van der Waals surface area contributed by atoms with Crippen LogP contribution in [0, 0.1) is 11.8 Å². The van der Waals surface area contributed by atoms with Gasteiger partial charge in [-0.3, -0.25) is 4.90 Å². The zero-order valence-electron chi connectivity index (χ0n) is 12.2. The molecule has 0 aliphatic rings. The summed E-state index contributed by atoms with van der Waals surface area (Å²) >= 11 is 0. The van der Waals surface area contributed by atoms with E-state index in [0.29, 0.717) is 6.42 Å². The third-order valence-electron chi connectivity index (χ3n) is 2.95. The Hall–Kier alpha value is -1.30. The van der Waals surface area contributed by atoms with Gasteiger partial charge in [-0.2, -0.15) is 0 Å². The summed E-state index contributed by atoms with van der Waals surface area (Å²) in [6, 6.07) is 8.32. The molecule has 19 heavy (non-hydrogen) atoms. The topological polar surface area (TPSA) is 23.5 Å². The smallest absolute Gasteiger partial charge is 0.0540 e. The van der Waals surface area contributed by atoms with Crippen molar-refractivity contribution in [1.29, 1.82) is 0 Å².